The highest BCUT2D eigenvalue weighted by Crippen LogP contribution is 2.12. The van der Waals surface area contributed by atoms with Gasteiger partial charge in [0.05, 0.1) is 0 Å². The van der Waals surface area contributed by atoms with Crippen molar-refractivity contribution in [2.45, 2.75) is 6.42 Å². The van der Waals surface area contributed by atoms with Crippen molar-refractivity contribution in [2.75, 3.05) is 43.5 Å². The fourth-order valence-electron chi connectivity index (χ4n) is 2.02. The molecule has 0 aliphatic carbocycles. The summed E-state index contributed by atoms with van der Waals surface area (Å²) >= 11 is 5.70. The molecule has 1 saturated heterocycles. The second-order valence-corrected chi connectivity index (χ2v) is 4.44. The zero-order valence-corrected chi connectivity index (χ0v) is 10.2. The van der Waals surface area contributed by atoms with Crippen LogP contribution in [0.25, 0.3) is 0 Å². The molecule has 1 aromatic heterocycles. The number of hydrogen-bond donors (Lipinski definition) is 0. The molecule has 0 atom stereocenters. The Balaban J connectivity index is 1.81. The summed E-state index contributed by atoms with van der Waals surface area (Å²) in [5, 5.41) is 0. The monoisotopic (exact) mass is 239 g/mol. The summed E-state index contributed by atoms with van der Waals surface area (Å²) in [7, 11) is 0. The van der Waals surface area contributed by atoms with Crippen molar-refractivity contribution < 1.29 is 0 Å². The molecule has 16 heavy (non-hydrogen) atoms. The van der Waals surface area contributed by atoms with Gasteiger partial charge in [0.1, 0.15) is 5.82 Å². The number of alkyl halides is 1. The number of hydrogen-bond acceptors (Lipinski definition) is 3. The van der Waals surface area contributed by atoms with Crippen molar-refractivity contribution in [3.63, 3.8) is 0 Å². The minimum atomic E-state index is 0.764. The molecule has 0 aromatic carbocycles. The van der Waals surface area contributed by atoms with Crippen LogP contribution in [0.2, 0.25) is 0 Å². The normalized spacial score (nSPS) is 17.7. The molecule has 2 rings (SSSR count). The Kier molecular flexibility index (Phi) is 4.43. The maximum atomic E-state index is 5.70. The summed E-state index contributed by atoms with van der Waals surface area (Å²) in [6.07, 6.45) is 2.94. The van der Waals surface area contributed by atoms with E-state index in [0.717, 1.165) is 50.8 Å². The second kappa shape index (κ2) is 6.06. The molecule has 0 bridgehead atoms. The Bertz CT molecular complexity index is 296. The molecule has 0 spiro atoms. The van der Waals surface area contributed by atoms with Crippen LogP contribution in [0.15, 0.2) is 24.4 Å². The van der Waals surface area contributed by atoms with Gasteiger partial charge < -0.3 is 4.90 Å². The third-order valence-electron chi connectivity index (χ3n) is 2.95. The standard InChI is InChI=1S/C12H18ClN3/c13-5-3-7-15-8-10-16(11-9-15)12-4-1-2-6-14-12/h1-2,4,6H,3,5,7-11H2. The van der Waals surface area contributed by atoms with Gasteiger partial charge in [-0.15, -0.1) is 11.6 Å². The molecule has 1 fully saturated rings. The van der Waals surface area contributed by atoms with Crippen LogP contribution in [0.4, 0.5) is 5.82 Å². The number of aromatic nitrogens is 1. The van der Waals surface area contributed by atoms with Crippen molar-refractivity contribution in [2.24, 2.45) is 0 Å². The zero-order chi connectivity index (χ0) is 11.2. The molecule has 0 unspecified atom stereocenters. The molecule has 0 N–H and O–H groups in total. The van der Waals surface area contributed by atoms with Gasteiger partial charge in [0.25, 0.3) is 0 Å². The summed E-state index contributed by atoms with van der Waals surface area (Å²) in [5.41, 5.74) is 0. The largest absolute Gasteiger partial charge is 0.354 e. The van der Waals surface area contributed by atoms with E-state index >= 15 is 0 Å². The average molecular weight is 240 g/mol. The molecular weight excluding hydrogens is 222 g/mol. The fourth-order valence-corrected chi connectivity index (χ4v) is 2.14. The molecule has 4 heteroatoms. The van der Waals surface area contributed by atoms with E-state index in [1.807, 2.05) is 18.3 Å². The van der Waals surface area contributed by atoms with Crippen LogP contribution in [0, 0.1) is 0 Å². The minimum absolute atomic E-state index is 0.764. The Morgan fingerprint density at radius 3 is 2.62 bits per heavy atom. The lowest BCUT2D eigenvalue weighted by atomic mass is 10.3. The van der Waals surface area contributed by atoms with Gasteiger partial charge in [0, 0.05) is 38.3 Å². The molecule has 2 heterocycles. The Morgan fingerprint density at radius 1 is 1.19 bits per heavy atom. The van der Waals surface area contributed by atoms with Gasteiger partial charge in [-0.25, -0.2) is 4.98 Å². The van der Waals surface area contributed by atoms with Crippen molar-refractivity contribution in [3.8, 4) is 0 Å². The lowest BCUT2D eigenvalue weighted by Gasteiger charge is -2.35. The topological polar surface area (TPSA) is 19.4 Å². The molecule has 1 aliphatic rings. The Hall–Kier alpha value is -0.800. The van der Waals surface area contributed by atoms with E-state index < -0.39 is 0 Å². The highest BCUT2D eigenvalue weighted by Gasteiger charge is 2.16. The first-order valence-corrected chi connectivity index (χ1v) is 6.38. The molecule has 0 saturated carbocycles. The van der Waals surface area contributed by atoms with Gasteiger partial charge in [0.15, 0.2) is 0 Å². The van der Waals surface area contributed by atoms with Crippen molar-refractivity contribution >= 4 is 17.4 Å². The van der Waals surface area contributed by atoms with Gasteiger partial charge in [-0.2, -0.15) is 0 Å². The van der Waals surface area contributed by atoms with Crippen LogP contribution >= 0.6 is 11.6 Å². The first kappa shape index (κ1) is 11.7. The number of anilines is 1. The van der Waals surface area contributed by atoms with Crippen LogP contribution in [0.3, 0.4) is 0 Å². The van der Waals surface area contributed by atoms with Crippen LogP contribution < -0.4 is 4.90 Å². The number of pyridine rings is 1. The first-order chi connectivity index (χ1) is 7.90. The fraction of sp³-hybridized carbons (Fsp3) is 0.583. The molecular formula is C12H18ClN3. The molecule has 88 valence electrons. The van der Waals surface area contributed by atoms with Crippen molar-refractivity contribution in [1.82, 2.24) is 9.88 Å². The highest BCUT2D eigenvalue weighted by atomic mass is 35.5. The zero-order valence-electron chi connectivity index (χ0n) is 9.48. The van der Waals surface area contributed by atoms with Gasteiger partial charge in [-0.1, -0.05) is 6.07 Å². The summed E-state index contributed by atoms with van der Waals surface area (Å²) in [4.78, 5) is 9.19. The van der Waals surface area contributed by atoms with E-state index in [1.54, 1.807) is 0 Å². The maximum absolute atomic E-state index is 5.70. The summed E-state index contributed by atoms with van der Waals surface area (Å²) in [6, 6.07) is 6.08. The minimum Gasteiger partial charge on any atom is -0.354 e. The van der Waals surface area contributed by atoms with E-state index in [1.165, 1.54) is 0 Å². The van der Waals surface area contributed by atoms with Gasteiger partial charge in [-0.3, -0.25) is 4.90 Å². The molecule has 1 aromatic rings. The van der Waals surface area contributed by atoms with Crippen molar-refractivity contribution in [1.29, 1.82) is 0 Å². The molecule has 1 aliphatic heterocycles. The third-order valence-corrected chi connectivity index (χ3v) is 3.22. The average Bonchev–Trinajstić information content (AvgIpc) is 2.38. The number of nitrogens with zero attached hydrogens (tertiary/aromatic N) is 3. The SMILES string of the molecule is ClCCCN1CCN(c2ccccn2)CC1. The lowest BCUT2D eigenvalue weighted by molar-refractivity contribution is 0.258. The molecule has 3 nitrogen and oxygen atoms in total. The van der Waals surface area contributed by atoms with Crippen LogP contribution in [-0.2, 0) is 0 Å². The van der Waals surface area contributed by atoms with Crippen molar-refractivity contribution in [3.05, 3.63) is 24.4 Å². The smallest absolute Gasteiger partial charge is 0.128 e. The van der Waals surface area contributed by atoms with E-state index in [2.05, 4.69) is 20.9 Å². The highest BCUT2D eigenvalue weighted by molar-refractivity contribution is 6.17. The number of rotatable bonds is 4. The van der Waals surface area contributed by atoms with Crippen LogP contribution in [0.5, 0.6) is 0 Å². The van der Waals surface area contributed by atoms with E-state index in [0.29, 0.717) is 0 Å². The Morgan fingerprint density at radius 2 is 2.00 bits per heavy atom. The van der Waals surface area contributed by atoms with E-state index in [-0.39, 0.29) is 0 Å². The quantitative estimate of drug-likeness (QED) is 0.748. The second-order valence-electron chi connectivity index (χ2n) is 4.06. The van der Waals surface area contributed by atoms with Crippen LogP contribution in [0.1, 0.15) is 6.42 Å². The van der Waals surface area contributed by atoms with Gasteiger partial charge >= 0.3 is 0 Å². The summed E-state index contributed by atoms with van der Waals surface area (Å²) in [5.74, 6) is 1.86. The van der Waals surface area contributed by atoms with E-state index in [4.69, 9.17) is 11.6 Å². The molecule has 0 radical (unpaired) electrons. The van der Waals surface area contributed by atoms with Gasteiger partial charge in [0.2, 0.25) is 0 Å². The predicted molar refractivity (Wildman–Crippen MR) is 68.2 cm³/mol. The summed E-state index contributed by atoms with van der Waals surface area (Å²) < 4.78 is 0. The van der Waals surface area contributed by atoms with E-state index in [9.17, 15) is 0 Å². The summed E-state index contributed by atoms with van der Waals surface area (Å²) in [6.45, 7) is 5.50. The number of piperazine rings is 1. The van der Waals surface area contributed by atoms with Crippen LogP contribution in [-0.4, -0.2) is 48.5 Å². The van der Waals surface area contributed by atoms with Gasteiger partial charge in [-0.05, 0) is 25.1 Å². The Labute approximate surface area is 102 Å². The number of halogens is 1. The predicted octanol–water partition coefficient (Wildman–Crippen LogP) is 1.83. The first-order valence-electron chi connectivity index (χ1n) is 5.84. The lowest BCUT2D eigenvalue weighted by Crippen LogP contribution is -2.46. The third kappa shape index (κ3) is 3.09. The molecule has 0 amide bonds. The maximum Gasteiger partial charge on any atom is 0.128 e.